The standard InChI is InChI=1S/C17H23ClN6/c1-11(2)10-24-16(18)14(12(3)22-24)9-19-13(4)17-21-20-15-7-5-6-8-23(15)17/h5-8,11,13,19H,9-10H2,1-4H3/t13-/m0/s1. The summed E-state index contributed by atoms with van der Waals surface area (Å²) in [6.45, 7) is 9.85. The van der Waals surface area contributed by atoms with Gasteiger partial charge in [0.2, 0.25) is 0 Å². The first-order valence-corrected chi connectivity index (χ1v) is 8.60. The van der Waals surface area contributed by atoms with Crippen molar-refractivity contribution in [2.75, 3.05) is 0 Å². The molecule has 1 atom stereocenters. The van der Waals surface area contributed by atoms with E-state index in [0.29, 0.717) is 17.6 Å². The quantitative estimate of drug-likeness (QED) is 0.743. The summed E-state index contributed by atoms with van der Waals surface area (Å²) < 4.78 is 3.88. The van der Waals surface area contributed by atoms with E-state index in [1.54, 1.807) is 0 Å². The Morgan fingerprint density at radius 3 is 2.75 bits per heavy atom. The fourth-order valence-electron chi connectivity index (χ4n) is 2.76. The second-order valence-corrected chi connectivity index (χ2v) is 6.88. The second-order valence-electron chi connectivity index (χ2n) is 6.52. The normalized spacial score (nSPS) is 13.1. The van der Waals surface area contributed by atoms with Crippen molar-refractivity contribution in [3.8, 4) is 0 Å². The zero-order valence-electron chi connectivity index (χ0n) is 14.5. The van der Waals surface area contributed by atoms with Gasteiger partial charge in [-0.05, 0) is 31.9 Å². The lowest BCUT2D eigenvalue weighted by Gasteiger charge is -2.12. The highest BCUT2D eigenvalue weighted by Crippen LogP contribution is 2.22. The van der Waals surface area contributed by atoms with Gasteiger partial charge in [0.1, 0.15) is 5.15 Å². The Morgan fingerprint density at radius 1 is 1.21 bits per heavy atom. The Balaban J connectivity index is 1.75. The summed E-state index contributed by atoms with van der Waals surface area (Å²) >= 11 is 6.50. The fraction of sp³-hybridized carbons (Fsp3) is 0.471. The third kappa shape index (κ3) is 3.30. The average Bonchev–Trinajstić information content (AvgIpc) is 3.07. The van der Waals surface area contributed by atoms with Crippen LogP contribution in [0.1, 0.15) is 43.9 Å². The van der Waals surface area contributed by atoms with Crippen molar-refractivity contribution in [3.63, 3.8) is 0 Å². The van der Waals surface area contributed by atoms with E-state index in [-0.39, 0.29) is 6.04 Å². The van der Waals surface area contributed by atoms with Gasteiger partial charge >= 0.3 is 0 Å². The van der Waals surface area contributed by atoms with Crippen LogP contribution < -0.4 is 5.32 Å². The molecule has 3 aromatic heterocycles. The molecule has 0 aliphatic heterocycles. The Labute approximate surface area is 146 Å². The van der Waals surface area contributed by atoms with Crippen LogP contribution in [0.2, 0.25) is 5.15 Å². The minimum Gasteiger partial charge on any atom is -0.303 e. The molecule has 0 spiro atoms. The maximum Gasteiger partial charge on any atom is 0.160 e. The lowest BCUT2D eigenvalue weighted by molar-refractivity contribution is 0.481. The van der Waals surface area contributed by atoms with Crippen LogP contribution in [0.3, 0.4) is 0 Å². The Bertz CT molecular complexity index is 835. The van der Waals surface area contributed by atoms with E-state index in [2.05, 4.69) is 41.4 Å². The molecule has 0 aliphatic rings. The van der Waals surface area contributed by atoms with Crippen LogP contribution in [0.25, 0.3) is 5.65 Å². The first kappa shape index (κ1) is 16.9. The number of hydrogen-bond acceptors (Lipinski definition) is 4. The van der Waals surface area contributed by atoms with Gasteiger partial charge in [-0.2, -0.15) is 5.10 Å². The van der Waals surface area contributed by atoms with Crippen molar-refractivity contribution in [1.82, 2.24) is 29.7 Å². The fourth-order valence-corrected chi connectivity index (χ4v) is 3.07. The van der Waals surface area contributed by atoms with E-state index in [0.717, 1.165) is 29.3 Å². The Kier molecular flexibility index (Phi) is 4.87. The summed E-state index contributed by atoms with van der Waals surface area (Å²) in [5, 5.41) is 17.2. The molecule has 0 saturated heterocycles. The van der Waals surface area contributed by atoms with Crippen LogP contribution in [0.5, 0.6) is 0 Å². The maximum absolute atomic E-state index is 6.50. The monoisotopic (exact) mass is 346 g/mol. The molecule has 0 aromatic carbocycles. The van der Waals surface area contributed by atoms with E-state index in [1.165, 1.54) is 0 Å². The predicted octanol–water partition coefficient (Wildman–Crippen LogP) is 3.39. The summed E-state index contributed by atoms with van der Waals surface area (Å²) in [5.74, 6) is 1.39. The lowest BCUT2D eigenvalue weighted by Crippen LogP contribution is -2.20. The van der Waals surface area contributed by atoms with Crippen molar-refractivity contribution in [1.29, 1.82) is 0 Å². The molecule has 3 aromatic rings. The molecular weight excluding hydrogens is 324 g/mol. The van der Waals surface area contributed by atoms with Crippen molar-refractivity contribution < 1.29 is 0 Å². The number of nitrogens with zero attached hydrogens (tertiary/aromatic N) is 5. The van der Waals surface area contributed by atoms with Crippen LogP contribution in [0, 0.1) is 12.8 Å². The van der Waals surface area contributed by atoms with E-state index < -0.39 is 0 Å². The largest absolute Gasteiger partial charge is 0.303 e. The molecule has 128 valence electrons. The number of aryl methyl sites for hydroxylation is 1. The zero-order chi connectivity index (χ0) is 17.3. The summed E-state index contributed by atoms with van der Waals surface area (Å²) in [6, 6.07) is 5.92. The number of halogens is 1. The Morgan fingerprint density at radius 2 is 2.00 bits per heavy atom. The van der Waals surface area contributed by atoms with Gasteiger partial charge in [-0.3, -0.25) is 9.08 Å². The molecule has 3 heterocycles. The van der Waals surface area contributed by atoms with Crippen molar-refractivity contribution in [2.24, 2.45) is 5.92 Å². The van der Waals surface area contributed by atoms with Gasteiger partial charge in [-0.15, -0.1) is 10.2 Å². The number of rotatable bonds is 6. The molecule has 24 heavy (non-hydrogen) atoms. The minimum absolute atomic E-state index is 0.0475. The van der Waals surface area contributed by atoms with E-state index in [1.807, 2.05) is 40.4 Å². The van der Waals surface area contributed by atoms with Gasteiger partial charge in [0.15, 0.2) is 11.5 Å². The van der Waals surface area contributed by atoms with Gasteiger partial charge in [0, 0.05) is 24.8 Å². The SMILES string of the molecule is Cc1nn(CC(C)C)c(Cl)c1CN[C@@H](C)c1nnc2ccccn12. The smallest absolute Gasteiger partial charge is 0.160 e. The molecule has 0 fully saturated rings. The molecule has 0 unspecified atom stereocenters. The molecule has 6 nitrogen and oxygen atoms in total. The summed E-state index contributed by atoms with van der Waals surface area (Å²) in [5.41, 5.74) is 2.85. The summed E-state index contributed by atoms with van der Waals surface area (Å²) in [4.78, 5) is 0. The molecule has 3 rings (SSSR count). The Hall–Kier alpha value is -1.92. The van der Waals surface area contributed by atoms with E-state index >= 15 is 0 Å². The average molecular weight is 347 g/mol. The van der Waals surface area contributed by atoms with Crippen LogP contribution >= 0.6 is 11.6 Å². The molecule has 0 amide bonds. The number of pyridine rings is 1. The molecule has 0 saturated carbocycles. The third-order valence-electron chi connectivity index (χ3n) is 4.03. The highest BCUT2D eigenvalue weighted by Gasteiger charge is 2.17. The van der Waals surface area contributed by atoms with Crippen LogP contribution in [0.4, 0.5) is 0 Å². The maximum atomic E-state index is 6.50. The van der Waals surface area contributed by atoms with Crippen molar-refractivity contribution in [3.05, 3.63) is 46.6 Å². The minimum atomic E-state index is 0.0475. The van der Waals surface area contributed by atoms with Gasteiger partial charge in [-0.1, -0.05) is 31.5 Å². The van der Waals surface area contributed by atoms with Gasteiger partial charge in [0.05, 0.1) is 11.7 Å². The van der Waals surface area contributed by atoms with Crippen LogP contribution in [0.15, 0.2) is 24.4 Å². The number of nitrogens with one attached hydrogen (secondary N) is 1. The highest BCUT2D eigenvalue weighted by atomic mass is 35.5. The van der Waals surface area contributed by atoms with Gasteiger partial charge in [0.25, 0.3) is 0 Å². The predicted molar refractivity (Wildman–Crippen MR) is 95.1 cm³/mol. The molecule has 0 radical (unpaired) electrons. The number of aromatic nitrogens is 5. The second kappa shape index (κ2) is 6.91. The first-order valence-electron chi connectivity index (χ1n) is 8.22. The molecule has 1 N–H and O–H groups in total. The van der Waals surface area contributed by atoms with Crippen molar-refractivity contribution in [2.45, 2.75) is 46.8 Å². The first-order chi connectivity index (χ1) is 11.5. The third-order valence-corrected chi connectivity index (χ3v) is 4.46. The van der Waals surface area contributed by atoms with E-state index in [4.69, 9.17) is 11.6 Å². The topological polar surface area (TPSA) is 60.0 Å². The van der Waals surface area contributed by atoms with Gasteiger partial charge in [-0.25, -0.2) is 0 Å². The number of fused-ring (bicyclic) bond motifs is 1. The van der Waals surface area contributed by atoms with Crippen molar-refractivity contribution >= 4 is 17.2 Å². The molecule has 7 heteroatoms. The number of hydrogen-bond donors (Lipinski definition) is 1. The zero-order valence-corrected chi connectivity index (χ0v) is 15.2. The van der Waals surface area contributed by atoms with Crippen LogP contribution in [-0.2, 0) is 13.1 Å². The lowest BCUT2D eigenvalue weighted by atomic mass is 10.2. The van der Waals surface area contributed by atoms with E-state index in [9.17, 15) is 0 Å². The molecular formula is C17H23ClN6. The molecule has 0 aliphatic carbocycles. The van der Waals surface area contributed by atoms with Gasteiger partial charge < -0.3 is 5.32 Å². The molecule has 0 bridgehead atoms. The summed E-state index contributed by atoms with van der Waals surface area (Å²) in [6.07, 6.45) is 1.97. The highest BCUT2D eigenvalue weighted by molar-refractivity contribution is 6.30. The summed E-state index contributed by atoms with van der Waals surface area (Å²) in [7, 11) is 0. The van der Waals surface area contributed by atoms with Crippen LogP contribution in [-0.4, -0.2) is 24.4 Å².